The SMILES string of the molecule is c1ccc(N(c2ccc(-c3ccc4ccccc4c3)cc2)c2ccc(-c3ccc4oc5c(ccc6c7ccccc7oc65)c4c3)cc2)cc1. The highest BCUT2D eigenvalue weighted by molar-refractivity contribution is 6.19. The van der Waals surface area contributed by atoms with Crippen LogP contribution in [0.3, 0.4) is 0 Å². The summed E-state index contributed by atoms with van der Waals surface area (Å²) in [6, 6.07) is 62.2. The molecule has 0 amide bonds. The maximum atomic E-state index is 6.39. The number of nitrogens with zero attached hydrogens (tertiary/aromatic N) is 1. The smallest absolute Gasteiger partial charge is 0.178 e. The average molecular weight is 628 g/mol. The normalized spacial score (nSPS) is 11.7. The van der Waals surface area contributed by atoms with Gasteiger partial charge >= 0.3 is 0 Å². The molecule has 10 aromatic rings. The van der Waals surface area contributed by atoms with Crippen LogP contribution >= 0.6 is 0 Å². The zero-order chi connectivity index (χ0) is 32.3. The van der Waals surface area contributed by atoms with Crippen molar-refractivity contribution in [1.29, 1.82) is 0 Å². The summed E-state index contributed by atoms with van der Waals surface area (Å²) < 4.78 is 12.7. The maximum absolute atomic E-state index is 6.39. The van der Waals surface area contributed by atoms with Crippen molar-refractivity contribution in [3.05, 3.63) is 176 Å². The Labute approximate surface area is 282 Å². The molecule has 10 rings (SSSR count). The van der Waals surface area contributed by atoms with Crippen molar-refractivity contribution in [3.8, 4) is 22.3 Å². The Balaban J connectivity index is 1.01. The molecule has 0 unspecified atom stereocenters. The van der Waals surface area contributed by atoms with Gasteiger partial charge in [0, 0.05) is 38.6 Å². The van der Waals surface area contributed by atoms with E-state index in [9.17, 15) is 0 Å². The highest BCUT2D eigenvalue weighted by atomic mass is 16.4. The van der Waals surface area contributed by atoms with Crippen LogP contribution in [0.1, 0.15) is 0 Å². The van der Waals surface area contributed by atoms with Crippen LogP contribution in [0, 0.1) is 0 Å². The Kier molecular flexibility index (Phi) is 6.18. The van der Waals surface area contributed by atoms with Crippen molar-refractivity contribution in [1.82, 2.24) is 0 Å². The van der Waals surface area contributed by atoms with Crippen LogP contribution in [-0.4, -0.2) is 0 Å². The van der Waals surface area contributed by atoms with Gasteiger partial charge in [0.05, 0.1) is 0 Å². The van der Waals surface area contributed by atoms with Gasteiger partial charge in [-0.25, -0.2) is 0 Å². The lowest BCUT2D eigenvalue weighted by atomic mass is 10.0. The summed E-state index contributed by atoms with van der Waals surface area (Å²) in [5.41, 5.74) is 11.3. The number of hydrogen-bond acceptors (Lipinski definition) is 3. The van der Waals surface area contributed by atoms with Crippen molar-refractivity contribution >= 4 is 71.7 Å². The molecule has 2 aromatic heterocycles. The first kappa shape index (κ1) is 27.5. The third-order valence-corrected chi connectivity index (χ3v) is 9.66. The molecule has 0 N–H and O–H groups in total. The minimum Gasteiger partial charge on any atom is -0.452 e. The molecule has 230 valence electrons. The van der Waals surface area contributed by atoms with Crippen LogP contribution in [0.25, 0.3) is 76.9 Å². The predicted octanol–water partition coefficient (Wildman–Crippen LogP) is 13.4. The van der Waals surface area contributed by atoms with E-state index in [1.54, 1.807) is 0 Å². The number of benzene rings is 8. The van der Waals surface area contributed by atoms with Gasteiger partial charge in [-0.1, -0.05) is 103 Å². The molecule has 0 spiro atoms. The van der Waals surface area contributed by atoms with E-state index in [1.807, 2.05) is 18.2 Å². The van der Waals surface area contributed by atoms with E-state index in [0.717, 1.165) is 72.1 Å². The molecular weight excluding hydrogens is 599 g/mol. The Morgan fingerprint density at radius 3 is 1.53 bits per heavy atom. The first-order valence-electron chi connectivity index (χ1n) is 16.6. The van der Waals surface area contributed by atoms with Crippen LogP contribution in [0.4, 0.5) is 17.1 Å². The minimum absolute atomic E-state index is 0.793. The second-order valence-corrected chi connectivity index (χ2v) is 12.6. The van der Waals surface area contributed by atoms with Crippen molar-refractivity contribution in [2.24, 2.45) is 0 Å². The molecule has 0 radical (unpaired) electrons. The van der Waals surface area contributed by atoms with Gasteiger partial charge in [-0.3, -0.25) is 0 Å². The molecule has 0 fully saturated rings. The van der Waals surface area contributed by atoms with Gasteiger partial charge in [-0.2, -0.15) is 0 Å². The van der Waals surface area contributed by atoms with Crippen molar-refractivity contribution < 1.29 is 8.83 Å². The molecule has 0 aliphatic heterocycles. The van der Waals surface area contributed by atoms with E-state index in [4.69, 9.17) is 8.83 Å². The Morgan fingerprint density at radius 2 is 0.816 bits per heavy atom. The molecule has 8 aromatic carbocycles. The van der Waals surface area contributed by atoms with Crippen LogP contribution in [-0.2, 0) is 0 Å². The zero-order valence-electron chi connectivity index (χ0n) is 26.5. The first-order valence-corrected chi connectivity index (χ1v) is 16.6. The van der Waals surface area contributed by atoms with E-state index in [1.165, 1.54) is 21.9 Å². The highest BCUT2D eigenvalue weighted by Crippen LogP contribution is 2.41. The molecule has 2 heterocycles. The average Bonchev–Trinajstić information content (AvgIpc) is 3.74. The summed E-state index contributed by atoms with van der Waals surface area (Å²) in [6.07, 6.45) is 0. The van der Waals surface area contributed by atoms with Crippen LogP contribution in [0.15, 0.2) is 185 Å². The summed E-state index contributed by atoms with van der Waals surface area (Å²) in [5, 5.41) is 6.82. The van der Waals surface area contributed by atoms with Gasteiger partial charge in [-0.05, 0) is 106 Å². The van der Waals surface area contributed by atoms with Crippen molar-refractivity contribution in [2.45, 2.75) is 0 Å². The van der Waals surface area contributed by atoms with Crippen molar-refractivity contribution in [3.63, 3.8) is 0 Å². The third kappa shape index (κ3) is 4.59. The summed E-state index contributed by atoms with van der Waals surface area (Å²) in [6.45, 7) is 0. The van der Waals surface area contributed by atoms with E-state index in [2.05, 4.69) is 163 Å². The fourth-order valence-corrected chi connectivity index (χ4v) is 7.20. The molecular formula is C46H29NO2. The summed E-state index contributed by atoms with van der Waals surface area (Å²) in [4.78, 5) is 2.30. The molecule has 0 aliphatic carbocycles. The predicted molar refractivity (Wildman–Crippen MR) is 204 cm³/mol. The lowest BCUT2D eigenvalue weighted by Crippen LogP contribution is -2.09. The highest BCUT2D eigenvalue weighted by Gasteiger charge is 2.17. The Bertz CT molecular complexity index is 2810. The van der Waals surface area contributed by atoms with Gasteiger partial charge in [0.1, 0.15) is 11.2 Å². The number of anilines is 3. The minimum atomic E-state index is 0.793. The van der Waals surface area contributed by atoms with E-state index < -0.39 is 0 Å². The van der Waals surface area contributed by atoms with Gasteiger partial charge < -0.3 is 13.7 Å². The molecule has 0 bridgehead atoms. The second kappa shape index (κ2) is 11.0. The van der Waals surface area contributed by atoms with Gasteiger partial charge in [0.25, 0.3) is 0 Å². The largest absolute Gasteiger partial charge is 0.452 e. The summed E-state index contributed by atoms with van der Waals surface area (Å²) in [7, 11) is 0. The number of hydrogen-bond donors (Lipinski definition) is 0. The van der Waals surface area contributed by atoms with Gasteiger partial charge in [0.2, 0.25) is 0 Å². The van der Waals surface area contributed by atoms with Gasteiger partial charge in [0.15, 0.2) is 11.2 Å². The fraction of sp³-hybridized carbons (Fsp3) is 0. The molecule has 0 atom stereocenters. The molecule has 3 nitrogen and oxygen atoms in total. The zero-order valence-corrected chi connectivity index (χ0v) is 26.5. The van der Waals surface area contributed by atoms with E-state index in [0.29, 0.717) is 0 Å². The van der Waals surface area contributed by atoms with Crippen LogP contribution < -0.4 is 4.90 Å². The molecule has 3 heteroatoms. The number of rotatable bonds is 5. The molecule has 0 saturated heterocycles. The molecule has 49 heavy (non-hydrogen) atoms. The number of furan rings is 2. The fourth-order valence-electron chi connectivity index (χ4n) is 7.20. The first-order chi connectivity index (χ1) is 24.3. The summed E-state index contributed by atoms with van der Waals surface area (Å²) in [5.74, 6) is 0. The monoisotopic (exact) mass is 627 g/mol. The summed E-state index contributed by atoms with van der Waals surface area (Å²) >= 11 is 0. The standard InChI is InChI=1S/C46H29NO2/c1-2-10-36(11-3-1)47(37-21-16-31(17-22-37)34-15-14-30-8-4-5-9-33(30)28-34)38-23-18-32(19-24-38)35-20-27-44-42(29-35)41-26-25-40-39-12-6-7-13-43(39)48-45(40)46(41)49-44/h1-29H. The molecule has 0 saturated carbocycles. The van der Waals surface area contributed by atoms with Crippen LogP contribution in [0.2, 0.25) is 0 Å². The number of fused-ring (bicyclic) bond motifs is 8. The third-order valence-electron chi connectivity index (χ3n) is 9.66. The molecule has 0 aliphatic rings. The van der Waals surface area contributed by atoms with E-state index >= 15 is 0 Å². The maximum Gasteiger partial charge on any atom is 0.178 e. The Hall–Kier alpha value is -6.58. The lowest BCUT2D eigenvalue weighted by molar-refractivity contribution is 0.633. The lowest BCUT2D eigenvalue weighted by Gasteiger charge is -2.26. The topological polar surface area (TPSA) is 29.5 Å². The van der Waals surface area contributed by atoms with E-state index in [-0.39, 0.29) is 0 Å². The quantitative estimate of drug-likeness (QED) is 0.190. The Morgan fingerprint density at radius 1 is 0.306 bits per heavy atom. The number of para-hydroxylation sites is 2. The van der Waals surface area contributed by atoms with Gasteiger partial charge in [-0.15, -0.1) is 0 Å². The van der Waals surface area contributed by atoms with Crippen LogP contribution in [0.5, 0.6) is 0 Å². The van der Waals surface area contributed by atoms with Crippen molar-refractivity contribution in [2.75, 3.05) is 4.90 Å². The second-order valence-electron chi connectivity index (χ2n) is 12.6.